The van der Waals surface area contributed by atoms with Crippen molar-refractivity contribution in [2.45, 2.75) is 13.5 Å². The lowest BCUT2D eigenvalue weighted by atomic mass is 10.2. The van der Waals surface area contributed by atoms with Gasteiger partial charge in [0.05, 0.1) is 11.0 Å². The van der Waals surface area contributed by atoms with Gasteiger partial charge in [-0.2, -0.15) is 0 Å². The van der Waals surface area contributed by atoms with Crippen molar-refractivity contribution in [3.05, 3.63) is 47.7 Å². The number of nitrogens with one attached hydrogen (secondary N) is 1. The molecule has 3 rings (SSSR count). The molecular weight excluding hydrogens is 373 g/mol. The second kappa shape index (κ2) is 5.88. The zero-order valence-electron chi connectivity index (χ0n) is 10.4. The number of nitrogens with zero attached hydrogens (tertiary/aromatic N) is 2. The van der Waals surface area contributed by atoms with E-state index in [0.717, 1.165) is 34.0 Å². The first-order chi connectivity index (χ1) is 8.76. The lowest BCUT2D eigenvalue weighted by Gasteiger charge is -1.95. The van der Waals surface area contributed by atoms with E-state index >= 15 is 0 Å². The number of hydrogen-bond donors (Lipinski definition) is 1. The summed E-state index contributed by atoms with van der Waals surface area (Å²) in [5, 5.41) is 0.717. The number of hydrogen-bond acceptors (Lipinski definition) is 1. The normalized spacial score (nSPS) is 10.4. The molecule has 0 atom stereocenters. The van der Waals surface area contributed by atoms with Crippen molar-refractivity contribution >= 4 is 22.6 Å². The van der Waals surface area contributed by atoms with Crippen molar-refractivity contribution in [2.75, 3.05) is 0 Å². The molecule has 3 nitrogen and oxygen atoms in total. The fraction of sp³-hybridized carbons (Fsp3) is 0.143. The Morgan fingerprint density at radius 1 is 1.21 bits per heavy atom. The van der Waals surface area contributed by atoms with Gasteiger partial charge in [-0.1, -0.05) is 11.6 Å². The molecule has 5 heteroatoms. The fourth-order valence-corrected chi connectivity index (χ4v) is 2.12. The summed E-state index contributed by atoms with van der Waals surface area (Å²) in [7, 11) is 0. The molecule has 2 heterocycles. The predicted octanol–water partition coefficient (Wildman–Crippen LogP) is 0.195. The SMILES string of the molecule is CC[n+]1ccc(-c2nc3ccc(Cl)cc3[nH]2)cc1.[I-]. The van der Waals surface area contributed by atoms with Gasteiger partial charge in [0.1, 0.15) is 12.4 Å². The molecule has 98 valence electrons. The third-order valence-corrected chi connectivity index (χ3v) is 3.21. The molecule has 0 aliphatic carbocycles. The monoisotopic (exact) mass is 385 g/mol. The summed E-state index contributed by atoms with van der Waals surface area (Å²) < 4.78 is 2.11. The minimum Gasteiger partial charge on any atom is -1.00 e. The Balaban J connectivity index is 0.00000133. The molecule has 0 aliphatic heterocycles. The summed E-state index contributed by atoms with van der Waals surface area (Å²) in [5.74, 6) is 0.871. The minimum absolute atomic E-state index is 0. The topological polar surface area (TPSA) is 32.6 Å². The number of aryl methyl sites for hydroxylation is 1. The zero-order chi connectivity index (χ0) is 12.5. The highest BCUT2D eigenvalue weighted by Crippen LogP contribution is 2.22. The van der Waals surface area contributed by atoms with Gasteiger partial charge in [-0.25, -0.2) is 9.55 Å². The first-order valence-corrected chi connectivity index (χ1v) is 6.29. The Kier molecular flexibility index (Phi) is 4.42. The fourth-order valence-electron chi connectivity index (χ4n) is 1.94. The minimum atomic E-state index is 0. The van der Waals surface area contributed by atoms with E-state index in [-0.39, 0.29) is 24.0 Å². The zero-order valence-corrected chi connectivity index (χ0v) is 13.3. The largest absolute Gasteiger partial charge is 1.00 e. The average molecular weight is 386 g/mol. The van der Waals surface area contributed by atoms with Gasteiger partial charge < -0.3 is 29.0 Å². The molecule has 0 fully saturated rings. The van der Waals surface area contributed by atoms with Crippen molar-refractivity contribution < 1.29 is 28.5 Å². The molecule has 1 aromatic carbocycles. The Morgan fingerprint density at radius 2 is 1.95 bits per heavy atom. The molecule has 2 aromatic heterocycles. The van der Waals surface area contributed by atoms with Crippen LogP contribution in [0.5, 0.6) is 0 Å². The Hall–Kier alpha value is -1.14. The first-order valence-electron chi connectivity index (χ1n) is 5.91. The van der Waals surface area contributed by atoms with E-state index in [2.05, 4.69) is 46.0 Å². The molecule has 0 saturated heterocycles. The van der Waals surface area contributed by atoms with E-state index in [1.54, 1.807) is 0 Å². The van der Waals surface area contributed by atoms with E-state index in [0.29, 0.717) is 0 Å². The number of aromatic nitrogens is 3. The molecule has 0 amide bonds. The lowest BCUT2D eigenvalue weighted by Crippen LogP contribution is -3.00. The number of rotatable bonds is 2. The van der Waals surface area contributed by atoms with Gasteiger partial charge in [0, 0.05) is 22.7 Å². The maximum Gasteiger partial charge on any atom is 0.169 e. The van der Waals surface area contributed by atoms with Crippen molar-refractivity contribution in [1.82, 2.24) is 9.97 Å². The molecule has 1 N–H and O–H groups in total. The van der Waals surface area contributed by atoms with E-state index in [1.807, 2.05) is 18.2 Å². The number of aromatic amines is 1. The highest BCUT2D eigenvalue weighted by atomic mass is 127. The standard InChI is InChI=1S/C14H12ClN3.HI/c1-2-18-7-5-10(6-8-18)14-16-12-4-3-11(15)9-13(12)17-14;/h3-9H,2H2,1H3;1H. The molecule has 0 bridgehead atoms. The Morgan fingerprint density at radius 3 is 2.63 bits per heavy atom. The summed E-state index contributed by atoms with van der Waals surface area (Å²) in [4.78, 5) is 7.84. The quantitative estimate of drug-likeness (QED) is 0.496. The molecule has 0 saturated carbocycles. The van der Waals surface area contributed by atoms with Gasteiger partial charge in [-0.05, 0) is 25.1 Å². The van der Waals surface area contributed by atoms with Crippen molar-refractivity contribution in [3.63, 3.8) is 0 Å². The van der Waals surface area contributed by atoms with Crippen LogP contribution in [0.15, 0.2) is 42.7 Å². The van der Waals surface area contributed by atoms with Crippen LogP contribution in [0.3, 0.4) is 0 Å². The lowest BCUT2D eigenvalue weighted by molar-refractivity contribution is -0.693. The second-order valence-electron chi connectivity index (χ2n) is 4.16. The van der Waals surface area contributed by atoms with Crippen LogP contribution in [0.2, 0.25) is 5.02 Å². The number of imidazole rings is 1. The second-order valence-corrected chi connectivity index (χ2v) is 4.60. The number of H-pyrrole nitrogens is 1. The molecule has 0 radical (unpaired) electrons. The van der Waals surface area contributed by atoms with Gasteiger partial charge in [0.25, 0.3) is 0 Å². The maximum absolute atomic E-state index is 5.96. The van der Waals surface area contributed by atoms with Crippen molar-refractivity contribution in [2.24, 2.45) is 0 Å². The van der Waals surface area contributed by atoms with Crippen LogP contribution in [-0.4, -0.2) is 9.97 Å². The molecule has 0 aliphatic rings. The maximum atomic E-state index is 5.96. The highest BCUT2D eigenvalue weighted by Gasteiger charge is 2.07. The first kappa shape index (κ1) is 14.3. The molecular formula is C14H13ClIN3. The summed E-state index contributed by atoms with van der Waals surface area (Å²) in [6.07, 6.45) is 4.10. The van der Waals surface area contributed by atoms with Gasteiger partial charge >= 0.3 is 0 Å². The van der Waals surface area contributed by atoms with Crippen molar-refractivity contribution in [3.8, 4) is 11.4 Å². The number of halogens is 2. The predicted molar refractivity (Wildman–Crippen MR) is 72.4 cm³/mol. The molecule has 19 heavy (non-hydrogen) atoms. The van der Waals surface area contributed by atoms with Crippen molar-refractivity contribution in [1.29, 1.82) is 0 Å². The van der Waals surface area contributed by atoms with Crippen LogP contribution in [0.4, 0.5) is 0 Å². The number of fused-ring (bicyclic) bond motifs is 1. The molecule has 0 spiro atoms. The van der Waals surface area contributed by atoms with Crippen LogP contribution in [0.1, 0.15) is 6.92 Å². The van der Waals surface area contributed by atoms with E-state index in [4.69, 9.17) is 11.6 Å². The van der Waals surface area contributed by atoms with Gasteiger partial charge in [0.2, 0.25) is 0 Å². The molecule has 3 aromatic rings. The smallest absolute Gasteiger partial charge is 0.169 e. The van der Waals surface area contributed by atoms with Gasteiger partial charge in [0.15, 0.2) is 12.4 Å². The third kappa shape index (κ3) is 2.90. The number of benzene rings is 1. The van der Waals surface area contributed by atoms with E-state index in [1.165, 1.54) is 0 Å². The third-order valence-electron chi connectivity index (χ3n) is 2.97. The average Bonchev–Trinajstić information content (AvgIpc) is 2.81. The molecule has 0 unspecified atom stereocenters. The highest BCUT2D eigenvalue weighted by molar-refractivity contribution is 6.31. The summed E-state index contributed by atoms with van der Waals surface area (Å²) in [5.41, 5.74) is 2.97. The van der Waals surface area contributed by atoms with E-state index in [9.17, 15) is 0 Å². The van der Waals surface area contributed by atoms with Crippen LogP contribution in [0, 0.1) is 0 Å². The Bertz CT molecular complexity index is 691. The van der Waals surface area contributed by atoms with Gasteiger partial charge in [-0.15, -0.1) is 0 Å². The van der Waals surface area contributed by atoms with Crippen LogP contribution >= 0.6 is 11.6 Å². The summed E-state index contributed by atoms with van der Waals surface area (Å²) >= 11 is 5.96. The van der Waals surface area contributed by atoms with Crippen LogP contribution in [-0.2, 0) is 6.54 Å². The van der Waals surface area contributed by atoms with Crippen LogP contribution in [0.25, 0.3) is 22.4 Å². The number of pyridine rings is 1. The Labute approximate surface area is 133 Å². The summed E-state index contributed by atoms with van der Waals surface area (Å²) in [6, 6.07) is 9.78. The summed E-state index contributed by atoms with van der Waals surface area (Å²) in [6.45, 7) is 3.08. The van der Waals surface area contributed by atoms with Gasteiger partial charge in [-0.3, -0.25) is 0 Å². The van der Waals surface area contributed by atoms with E-state index < -0.39 is 0 Å². The van der Waals surface area contributed by atoms with Crippen LogP contribution < -0.4 is 28.5 Å².